The van der Waals surface area contributed by atoms with Crippen molar-refractivity contribution < 1.29 is 18.3 Å². The third-order valence-electron chi connectivity index (χ3n) is 4.41. The summed E-state index contributed by atoms with van der Waals surface area (Å²) < 4.78 is 25.0. The van der Waals surface area contributed by atoms with E-state index >= 15 is 0 Å². The molecule has 4 rings (SSSR count). The van der Waals surface area contributed by atoms with E-state index in [0.717, 1.165) is 11.3 Å². The van der Waals surface area contributed by atoms with Gasteiger partial charge in [0.05, 0.1) is 21.5 Å². The fourth-order valence-electron chi connectivity index (χ4n) is 3.03. The molecule has 0 radical (unpaired) electrons. The van der Waals surface area contributed by atoms with Gasteiger partial charge >= 0.3 is 5.97 Å². The van der Waals surface area contributed by atoms with E-state index in [0.29, 0.717) is 16.6 Å². The van der Waals surface area contributed by atoms with Gasteiger partial charge in [-0.3, -0.25) is 4.57 Å². The highest BCUT2D eigenvalue weighted by Crippen LogP contribution is 2.26. The highest BCUT2D eigenvalue weighted by molar-refractivity contribution is 7.89. The van der Waals surface area contributed by atoms with Gasteiger partial charge in [-0.25, -0.2) is 23.3 Å². The van der Waals surface area contributed by atoms with Crippen molar-refractivity contribution in [3.8, 4) is 16.8 Å². The Kier molecular flexibility index (Phi) is 4.21. The zero-order chi connectivity index (χ0) is 19.9. The van der Waals surface area contributed by atoms with Crippen LogP contribution in [0.5, 0.6) is 0 Å². The van der Waals surface area contributed by atoms with E-state index in [2.05, 4.69) is 4.98 Å². The average Bonchev–Trinajstić information content (AvgIpc) is 3.11. The van der Waals surface area contributed by atoms with Crippen LogP contribution in [-0.4, -0.2) is 29.0 Å². The highest BCUT2D eigenvalue weighted by atomic mass is 32.2. The summed E-state index contributed by atoms with van der Waals surface area (Å²) in [6.07, 6.45) is 1.62. The lowest BCUT2D eigenvalue weighted by Crippen LogP contribution is -2.11. The number of hydrogen-bond donors (Lipinski definition) is 2. The minimum atomic E-state index is -3.80. The molecular weight excluding hydrogens is 378 g/mol. The summed E-state index contributed by atoms with van der Waals surface area (Å²) in [5, 5.41) is 14.5. The molecule has 3 N–H and O–H groups in total. The zero-order valence-electron chi connectivity index (χ0n) is 14.5. The number of fused-ring (bicyclic) bond motifs is 1. The Morgan fingerprint density at radius 1 is 0.964 bits per heavy atom. The van der Waals surface area contributed by atoms with E-state index in [-0.39, 0.29) is 10.5 Å². The lowest BCUT2D eigenvalue weighted by atomic mass is 10.1. The summed E-state index contributed by atoms with van der Waals surface area (Å²) in [7, 11) is -3.80. The van der Waals surface area contributed by atoms with E-state index in [1.807, 2.05) is 24.3 Å². The first-order chi connectivity index (χ1) is 13.3. The summed E-state index contributed by atoms with van der Waals surface area (Å²) in [6.45, 7) is 0. The number of rotatable bonds is 4. The molecule has 0 aliphatic heterocycles. The maximum atomic E-state index is 11.6. The fourth-order valence-corrected chi connectivity index (χ4v) is 3.59. The Balaban J connectivity index is 1.83. The molecule has 0 amide bonds. The normalized spacial score (nSPS) is 11.6. The topological polar surface area (TPSA) is 115 Å². The van der Waals surface area contributed by atoms with Crippen molar-refractivity contribution in [3.05, 3.63) is 78.6 Å². The number of nitrogens with two attached hydrogens (primary N) is 1. The molecule has 4 aromatic rings. The second kappa shape index (κ2) is 6.59. The molecule has 140 valence electrons. The fraction of sp³-hybridized carbons (Fsp3) is 0. The van der Waals surface area contributed by atoms with Gasteiger partial charge in [0.25, 0.3) is 0 Å². The molecule has 28 heavy (non-hydrogen) atoms. The van der Waals surface area contributed by atoms with Gasteiger partial charge in [0, 0.05) is 5.69 Å². The predicted molar refractivity (Wildman–Crippen MR) is 105 cm³/mol. The van der Waals surface area contributed by atoms with Crippen molar-refractivity contribution in [1.82, 2.24) is 9.55 Å². The first-order valence-electron chi connectivity index (χ1n) is 8.27. The number of nitrogens with zero attached hydrogens (tertiary/aromatic N) is 2. The van der Waals surface area contributed by atoms with Gasteiger partial charge in [-0.2, -0.15) is 0 Å². The van der Waals surface area contributed by atoms with E-state index in [4.69, 9.17) is 5.14 Å². The van der Waals surface area contributed by atoms with Crippen LogP contribution in [0.2, 0.25) is 0 Å². The lowest BCUT2D eigenvalue weighted by Gasteiger charge is -2.09. The van der Waals surface area contributed by atoms with Gasteiger partial charge in [-0.15, -0.1) is 0 Å². The Labute approximate surface area is 160 Å². The number of carbonyl (C=O) groups is 1. The maximum Gasteiger partial charge on any atom is 0.335 e. The maximum absolute atomic E-state index is 11.6. The molecule has 0 atom stereocenters. The first kappa shape index (κ1) is 17.9. The molecule has 0 saturated carbocycles. The molecular formula is C20H15N3O4S. The average molecular weight is 393 g/mol. The molecule has 0 unspecified atom stereocenters. The number of aromatic nitrogens is 2. The number of carboxylic acid groups (broad SMARTS) is 1. The molecule has 0 aliphatic carbocycles. The zero-order valence-corrected chi connectivity index (χ0v) is 15.3. The molecule has 0 spiro atoms. The lowest BCUT2D eigenvalue weighted by molar-refractivity contribution is 0.0697. The van der Waals surface area contributed by atoms with Gasteiger partial charge in [0.2, 0.25) is 10.0 Å². The summed E-state index contributed by atoms with van der Waals surface area (Å²) in [6, 6.07) is 18.6. The molecule has 0 aliphatic rings. The van der Waals surface area contributed by atoms with Crippen LogP contribution in [-0.2, 0) is 10.0 Å². The van der Waals surface area contributed by atoms with Gasteiger partial charge in [0.15, 0.2) is 0 Å². The van der Waals surface area contributed by atoms with E-state index in [1.165, 1.54) is 18.2 Å². The first-order valence-corrected chi connectivity index (χ1v) is 9.82. The number of primary sulfonamides is 1. The number of imidazole rings is 1. The van der Waals surface area contributed by atoms with Gasteiger partial charge in [-0.1, -0.05) is 24.3 Å². The molecule has 3 aromatic carbocycles. The monoisotopic (exact) mass is 393 g/mol. The van der Waals surface area contributed by atoms with Crippen molar-refractivity contribution in [2.24, 2.45) is 5.14 Å². The second-order valence-electron chi connectivity index (χ2n) is 6.25. The smallest absolute Gasteiger partial charge is 0.335 e. The third kappa shape index (κ3) is 3.26. The Morgan fingerprint density at radius 3 is 2.39 bits per heavy atom. The van der Waals surface area contributed by atoms with E-state index < -0.39 is 16.0 Å². The minimum Gasteiger partial charge on any atom is -0.478 e. The van der Waals surface area contributed by atoms with Crippen LogP contribution < -0.4 is 5.14 Å². The van der Waals surface area contributed by atoms with Crippen LogP contribution >= 0.6 is 0 Å². The standard InChI is InChI=1S/C20H15N3O4S/c21-28(26,27)17-6-2-4-14(10-17)13-3-1-5-16(9-13)23-12-22-18-8-7-15(20(24)25)11-19(18)23/h1-12H,(H,24,25)(H2,21,26,27). The Bertz CT molecular complexity index is 1330. The van der Waals surface area contributed by atoms with E-state index in [1.54, 1.807) is 35.2 Å². The number of benzene rings is 3. The minimum absolute atomic E-state index is 0.0367. The predicted octanol–water partition coefficient (Wildman–Crippen LogP) is 3.04. The number of sulfonamides is 1. The van der Waals surface area contributed by atoms with Crippen molar-refractivity contribution >= 4 is 27.0 Å². The summed E-state index contributed by atoms with van der Waals surface area (Å²) in [4.78, 5) is 15.6. The molecule has 0 fully saturated rings. The van der Waals surface area contributed by atoms with Crippen LogP contribution in [0.4, 0.5) is 0 Å². The second-order valence-corrected chi connectivity index (χ2v) is 7.81. The van der Waals surface area contributed by atoms with Crippen molar-refractivity contribution in [3.63, 3.8) is 0 Å². The van der Waals surface area contributed by atoms with Crippen LogP contribution in [0.3, 0.4) is 0 Å². The van der Waals surface area contributed by atoms with Gasteiger partial charge in [0.1, 0.15) is 6.33 Å². The number of aromatic carboxylic acids is 1. The summed E-state index contributed by atoms with van der Waals surface area (Å²) in [5.74, 6) is -1.01. The van der Waals surface area contributed by atoms with Gasteiger partial charge in [-0.05, 0) is 53.6 Å². The molecule has 0 bridgehead atoms. The van der Waals surface area contributed by atoms with Crippen LogP contribution in [0.25, 0.3) is 27.8 Å². The molecule has 8 heteroatoms. The van der Waals surface area contributed by atoms with Crippen molar-refractivity contribution in [2.75, 3.05) is 0 Å². The molecule has 7 nitrogen and oxygen atoms in total. The largest absolute Gasteiger partial charge is 0.478 e. The van der Waals surface area contributed by atoms with Crippen LogP contribution in [0.1, 0.15) is 10.4 Å². The number of carboxylic acids is 1. The SMILES string of the molecule is NS(=O)(=O)c1cccc(-c2cccc(-n3cnc4ccc(C(=O)O)cc43)c2)c1. The Morgan fingerprint density at radius 2 is 1.68 bits per heavy atom. The van der Waals surface area contributed by atoms with Crippen molar-refractivity contribution in [1.29, 1.82) is 0 Å². The van der Waals surface area contributed by atoms with Crippen LogP contribution in [0, 0.1) is 0 Å². The Hall–Kier alpha value is -3.49. The van der Waals surface area contributed by atoms with E-state index in [9.17, 15) is 18.3 Å². The van der Waals surface area contributed by atoms with Crippen LogP contribution in [0.15, 0.2) is 78.0 Å². The number of hydrogen-bond acceptors (Lipinski definition) is 4. The van der Waals surface area contributed by atoms with Gasteiger partial charge < -0.3 is 5.11 Å². The highest BCUT2D eigenvalue weighted by Gasteiger charge is 2.12. The third-order valence-corrected chi connectivity index (χ3v) is 5.33. The molecule has 0 saturated heterocycles. The quantitative estimate of drug-likeness (QED) is 0.553. The molecule has 1 heterocycles. The summed E-state index contributed by atoms with van der Waals surface area (Å²) >= 11 is 0. The van der Waals surface area contributed by atoms with Crippen molar-refractivity contribution in [2.45, 2.75) is 4.90 Å². The summed E-state index contributed by atoms with van der Waals surface area (Å²) in [5.41, 5.74) is 3.76. The molecule has 1 aromatic heterocycles.